The highest BCUT2D eigenvalue weighted by molar-refractivity contribution is 5.85. The number of halogens is 2. The van der Waals surface area contributed by atoms with Crippen molar-refractivity contribution in [3.8, 4) is 5.75 Å². The Morgan fingerprint density at radius 3 is 2.65 bits per heavy atom. The summed E-state index contributed by atoms with van der Waals surface area (Å²) < 4.78 is 29.6. The molecule has 0 radical (unpaired) electrons. The standard InChI is InChI=1S/C23H32F2N4O2/c1-26-11-12-28-20(16-26)21(30)29(15-17-5-6-17)23(28)7-9-27(10-8-23)14-18-3-2-4-19(13-18)31-22(24)25/h2-4,13,17,20,22H,5-12,14-16H2,1H3/t20-/m1/s1. The number of carbonyl (C=O) groups excluding carboxylic acids is 1. The number of carbonyl (C=O) groups is 1. The lowest BCUT2D eigenvalue weighted by atomic mass is 9.93. The number of amides is 1. The molecular weight excluding hydrogens is 402 g/mol. The quantitative estimate of drug-likeness (QED) is 0.688. The first-order valence-electron chi connectivity index (χ1n) is 11.5. The molecule has 0 bridgehead atoms. The van der Waals surface area contributed by atoms with Crippen molar-refractivity contribution in [3.63, 3.8) is 0 Å². The Kier molecular flexibility index (Phi) is 5.65. The summed E-state index contributed by atoms with van der Waals surface area (Å²) in [6, 6.07) is 6.98. The molecule has 3 heterocycles. The highest BCUT2D eigenvalue weighted by atomic mass is 19.3. The smallest absolute Gasteiger partial charge is 0.387 e. The van der Waals surface area contributed by atoms with Gasteiger partial charge in [-0.25, -0.2) is 0 Å². The average molecular weight is 435 g/mol. The van der Waals surface area contributed by atoms with E-state index in [4.69, 9.17) is 0 Å². The van der Waals surface area contributed by atoms with E-state index in [-0.39, 0.29) is 17.5 Å². The van der Waals surface area contributed by atoms with Crippen molar-refractivity contribution in [2.75, 3.05) is 46.3 Å². The molecule has 0 aromatic heterocycles. The highest BCUT2D eigenvalue weighted by Gasteiger charge is 2.58. The molecule has 4 fully saturated rings. The topological polar surface area (TPSA) is 39.3 Å². The number of rotatable bonds is 6. The van der Waals surface area contributed by atoms with Crippen LogP contribution in [0.25, 0.3) is 0 Å². The second-order valence-electron chi connectivity index (χ2n) is 9.65. The molecule has 0 N–H and O–H groups in total. The van der Waals surface area contributed by atoms with Gasteiger partial charge in [0.25, 0.3) is 0 Å². The molecule has 1 spiro atoms. The summed E-state index contributed by atoms with van der Waals surface area (Å²) in [4.78, 5) is 22.8. The summed E-state index contributed by atoms with van der Waals surface area (Å²) >= 11 is 0. The summed E-state index contributed by atoms with van der Waals surface area (Å²) in [5.41, 5.74) is 0.826. The molecular formula is C23H32F2N4O2. The number of hydrogen-bond acceptors (Lipinski definition) is 5. The Morgan fingerprint density at radius 1 is 1.16 bits per heavy atom. The van der Waals surface area contributed by atoms with Crippen LogP contribution in [0.3, 0.4) is 0 Å². The molecule has 6 nitrogen and oxygen atoms in total. The number of piperazine rings is 1. The third-order valence-corrected chi connectivity index (χ3v) is 7.50. The first-order valence-corrected chi connectivity index (χ1v) is 11.5. The zero-order chi connectivity index (χ0) is 21.6. The molecule has 0 unspecified atom stereocenters. The van der Waals surface area contributed by atoms with Gasteiger partial charge in [0.15, 0.2) is 0 Å². The van der Waals surface area contributed by atoms with Gasteiger partial charge in [0, 0.05) is 45.8 Å². The average Bonchev–Trinajstić information content (AvgIpc) is 3.53. The molecule has 1 atom stereocenters. The minimum atomic E-state index is -2.81. The van der Waals surface area contributed by atoms with Crippen molar-refractivity contribution in [2.24, 2.45) is 5.92 Å². The van der Waals surface area contributed by atoms with E-state index in [0.29, 0.717) is 18.4 Å². The van der Waals surface area contributed by atoms with E-state index in [1.807, 2.05) is 6.07 Å². The van der Waals surface area contributed by atoms with E-state index in [0.717, 1.165) is 57.7 Å². The third-order valence-electron chi connectivity index (χ3n) is 7.50. The summed E-state index contributed by atoms with van der Waals surface area (Å²) in [7, 11) is 2.11. The molecule has 1 aliphatic carbocycles. The van der Waals surface area contributed by atoms with Crippen LogP contribution in [0.2, 0.25) is 0 Å². The highest BCUT2D eigenvalue weighted by Crippen LogP contribution is 2.44. The molecule has 3 saturated heterocycles. The van der Waals surface area contributed by atoms with Crippen molar-refractivity contribution in [1.82, 2.24) is 19.6 Å². The molecule has 4 aliphatic rings. The summed E-state index contributed by atoms with van der Waals surface area (Å²) in [5.74, 6) is 1.21. The number of ether oxygens (including phenoxy) is 1. The summed E-state index contributed by atoms with van der Waals surface area (Å²) in [6.45, 7) is 3.37. The number of likely N-dealkylation sites (N-methyl/N-ethyl adjacent to an activating group) is 1. The van der Waals surface area contributed by atoms with E-state index in [9.17, 15) is 13.6 Å². The number of nitrogens with zero attached hydrogens (tertiary/aromatic N) is 4. The second-order valence-corrected chi connectivity index (χ2v) is 9.65. The van der Waals surface area contributed by atoms with Crippen LogP contribution in [0.5, 0.6) is 5.75 Å². The van der Waals surface area contributed by atoms with Gasteiger partial charge in [-0.15, -0.1) is 0 Å². The van der Waals surface area contributed by atoms with E-state index in [2.05, 4.69) is 31.4 Å². The van der Waals surface area contributed by atoms with Gasteiger partial charge in [-0.1, -0.05) is 12.1 Å². The van der Waals surface area contributed by atoms with Gasteiger partial charge in [-0.05, 0) is 56.3 Å². The van der Waals surface area contributed by atoms with Gasteiger partial charge in [-0.3, -0.25) is 14.6 Å². The van der Waals surface area contributed by atoms with Gasteiger partial charge in [0.2, 0.25) is 5.91 Å². The van der Waals surface area contributed by atoms with Crippen LogP contribution in [-0.4, -0.2) is 90.1 Å². The van der Waals surface area contributed by atoms with Gasteiger partial charge < -0.3 is 14.5 Å². The van der Waals surface area contributed by atoms with Gasteiger partial charge in [0.05, 0.1) is 5.66 Å². The lowest BCUT2D eigenvalue weighted by Gasteiger charge is -2.51. The normalized spacial score (nSPS) is 27.3. The van der Waals surface area contributed by atoms with Crippen LogP contribution in [-0.2, 0) is 11.3 Å². The molecule has 1 aromatic rings. The number of alkyl halides is 2. The predicted octanol–water partition coefficient (Wildman–Crippen LogP) is 2.45. The molecule has 1 aromatic carbocycles. The Labute approximate surface area is 182 Å². The zero-order valence-corrected chi connectivity index (χ0v) is 18.2. The molecule has 170 valence electrons. The molecule has 31 heavy (non-hydrogen) atoms. The van der Waals surface area contributed by atoms with Crippen LogP contribution in [0.4, 0.5) is 8.78 Å². The predicted molar refractivity (Wildman–Crippen MR) is 113 cm³/mol. The monoisotopic (exact) mass is 434 g/mol. The van der Waals surface area contributed by atoms with Crippen molar-refractivity contribution in [1.29, 1.82) is 0 Å². The van der Waals surface area contributed by atoms with E-state index >= 15 is 0 Å². The van der Waals surface area contributed by atoms with Crippen LogP contribution in [0.1, 0.15) is 31.2 Å². The Morgan fingerprint density at radius 2 is 1.94 bits per heavy atom. The van der Waals surface area contributed by atoms with Crippen LogP contribution < -0.4 is 4.74 Å². The largest absolute Gasteiger partial charge is 0.435 e. The molecule has 1 amide bonds. The SMILES string of the molecule is CN1CCN2[C@H](C1)C(=O)N(CC1CC1)C21CCN(Cc2cccc(OC(F)F)c2)CC1. The van der Waals surface area contributed by atoms with E-state index in [1.165, 1.54) is 12.8 Å². The maximum atomic E-state index is 13.4. The fraction of sp³-hybridized carbons (Fsp3) is 0.696. The molecule has 1 saturated carbocycles. The van der Waals surface area contributed by atoms with Crippen LogP contribution in [0.15, 0.2) is 24.3 Å². The second kappa shape index (κ2) is 8.30. The first-order chi connectivity index (χ1) is 14.9. The van der Waals surface area contributed by atoms with Crippen LogP contribution >= 0.6 is 0 Å². The Balaban J connectivity index is 1.28. The number of fused-ring (bicyclic) bond motifs is 2. The van der Waals surface area contributed by atoms with E-state index < -0.39 is 6.61 Å². The van der Waals surface area contributed by atoms with Crippen LogP contribution in [0, 0.1) is 5.92 Å². The summed E-state index contributed by atoms with van der Waals surface area (Å²) in [5, 5.41) is 0. The van der Waals surface area contributed by atoms with Gasteiger partial charge in [0.1, 0.15) is 11.8 Å². The summed E-state index contributed by atoms with van der Waals surface area (Å²) in [6.07, 6.45) is 4.37. The van der Waals surface area contributed by atoms with Crippen molar-refractivity contribution in [3.05, 3.63) is 29.8 Å². The third kappa shape index (κ3) is 4.17. The minimum Gasteiger partial charge on any atom is -0.435 e. The van der Waals surface area contributed by atoms with Gasteiger partial charge >= 0.3 is 6.61 Å². The Hall–Kier alpha value is -1.77. The first kappa shape index (κ1) is 21.1. The molecule has 8 heteroatoms. The fourth-order valence-electron chi connectivity index (χ4n) is 5.69. The number of benzene rings is 1. The van der Waals surface area contributed by atoms with Crippen molar-refractivity contribution < 1.29 is 18.3 Å². The van der Waals surface area contributed by atoms with Crippen molar-refractivity contribution in [2.45, 2.75) is 50.5 Å². The Bertz CT molecular complexity index is 811. The molecule has 3 aliphatic heterocycles. The fourth-order valence-corrected chi connectivity index (χ4v) is 5.69. The number of likely N-dealkylation sites (tertiary alicyclic amines) is 1. The number of piperidine rings is 1. The van der Waals surface area contributed by atoms with Crippen molar-refractivity contribution >= 4 is 5.91 Å². The number of hydrogen-bond donors (Lipinski definition) is 0. The lowest BCUT2D eigenvalue weighted by molar-refractivity contribution is -0.134. The van der Waals surface area contributed by atoms with E-state index in [1.54, 1.807) is 18.2 Å². The zero-order valence-electron chi connectivity index (χ0n) is 18.2. The molecule has 5 rings (SSSR count). The maximum Gasteiger partial charge on any atom is 0.387 e. The van der Waals surface area contributed by atoms with Gasteiger partial charge in [-0.2, -0.15) is 8.78 Å². The lowest BCUT2D eigenvalue weighted by Crippen LogP contribution is -2.63. The minimum absolute atomic E-state index is 0.00720. The maximum absolute atomic E-state index is 13.4.